The molecule has 0 saturated carbocycles. The van der Waals surface area contributed by atoms with Crippen molar-refractivity contribution < 1.29 is 5.11 Å². The summed E-state index contributed by atoms with van der Waals surface area (Å²) in [6.07, 6.45) is 3.41. The van der Waals surface area contributed by atoms with Gasteiger partial charge in [-0.3, -0.25) is 4.99 Å². The van der Waals surface area contributed by atoms with Crippen LogP contribution < -0.4 is 5.73 Å². The predicted molar refractivity (Wildman–Crippen MR) is 178 cm³/mol. The van der Waals surface area contributed by atoms with E-state index in [1.54, 1.807) is 0 Å². The number of amidine groups is 1. The Balaban J connectivity index is 1.43. The molecule has 0 amide bonds. The Kier molecular flexibility index (Phi) is 8.74. The molecule has 1 saturated heterocycles. The van der Waals surface area contributed by atoms with Crippen molar-refractivity contribution in [2.45, 2.75) is 70.6 Å². The van der Waals surface area contributed by atoms with Crippen LogP contribution in [0.1, 0.15) is 62.8 Å². The lowest BCUT2D eigenvalue weighted by molar-refractivity contribution is -0.00664. The van der Waals surface area contributed by atoms with Gasteiger partial charge >= 0.3 is 0 Å². The van der Waals surface area contributed by atoms with Crippen molar-refractivity contribution in [2.24, 2.45) is 26.6 Å². The second kappa shape index (κ2) is 12.3. The molecule has 0 spiro atoms. The van der Waals surface area contributed by atoms with Gasteiger partial charge in [-0.05, 0) is 66.3 Å². The van der Waals surface area contributed by atoms with E-state index in [-0.39, 0.29) is 23.4 Å². The van der Waals surface area contributed by atoms with Crippen molar-refractivity contribution >= 4 is 23.8 Å². The molecule has 2 aliphatic heterocycles. The maximum absolute atomic E-state index is 12.3. The van der Waals surface area contributed by atoms with E-state index >= 15 is 0 Å². The maximum Gasteiger partial charge on any atom is 0.197 e. The van der Waals surface area contributed by atoms with Crippen molar-refractivity contribution in [2.75, 3.05) is 20.1 Å². The fraction of sp³-hybridized carbons (Fsp3) is 0.417. The van der Waals surface area contributed by atoms with Gasteiger partial charge in [-0.2, -0.15) is 4.99 Å². The van der Waals surface area contributed by atoms with E-state index < -0.39 is 5.60 Å². The highest BCUT2D eigenvalue weighted by atomic mass is 16.3. The molecular weight excluding hydrogens is 532 g/mol. The molecule has 226 valence electrons. The van der Waals surface area contributed by atoms with Gasteiger partial charge in [0.05, 0.1) is 18.1 Å². The van der Waals surface area contributed by atoms with Crippen LogP contribution in [-0.2, 0) is 11.0 Å². The normalized spacial score (nSPS) is 20.6. The summed E-state index contributed by atoms with van der Waals surface area (Å²) in [6.45, 7) is 12.2. The molecule has 0 radical (unpaired) electrons. The molecule has 43 heavy (non-hydrogen) atoms. The molecule has 2 unspecified atom stereocenters. The molecule has 2 atom stereocenters. The summed E-state index contributed by atoms with van der Waals surface area (Å²) in [7, 11) is 2.01. The van der Waals surface area contributed by atoms with Crippen LogP contribution in [0, 0.1) is 12.8 Å². The number of hydrogen-bond donors (Lipinski definition) is 2. The molecule has 3 N–H and O–H groups in total. The Bertz CT molecular complexity index is 1430. The van der Waals surface area contributed by atoms with Crippen LogP contribution in [0.25, 0.3) is 0 Å². The molecule has 3 aromatic rings. The molecule has 2 aliphatic rings. The first-order valence-electron chi connectivity index (χ1n) is 15.4. The Labute approximate surface area is 256 Å². The number of piperidine rings is 1. The third kappa shape index (κ3) is 6.37. The highest BCUT2D eigenvalue weighted by Gasteiger charge is 2.42. The molecule has 0 aliphatic carbocycles. The highest BCUT2D eigenvalue weighted by Crippen LogP contribution is 2.42. The number of rotatable bonds is 5. The van der Waals surface area contributed by atoms with Crippen LogP contribution in [0.3, 0.4) is 0 Å². The summed E-state index contributed by atoms with van der Waals surface area (Å²) in [5.74, 6) is 1.15. The second-order valence-electron chi connectivity index (χ2n) is 13.1. The maximum atomic E-state index is 12.3. The molecule has 3 aromatic carbocycles. The quantitative estimate of drug-likeness (QED) is 0.286. The number of aryl methyl sites for hydroxylation is 1. The monoisotopic (exact) mass is 578 g/mol. The van der Waals surface area contributed by atoms with E-state index in [1.165, 1.54) is 5.56 Å². The van der Waals surface area contributed by atoms with Gasteiger partial charge in [-0.1, -0.05) is 93.6 Å². The van der Waals surface area contributed by atoms with Crippen molar-refractivity contribution in [3.63, 3.8) is 0 Å². The largest absolute Gasteiger partial charge is 0.380 e. The summed E-state index contributed by atoms with van der Waals surface area (Å²) >= 11 is 0. The third-order valence-electron chi connectivity index (χ3n) is 9.02. The highest BCUT2D eigenvalue weighted by molar-refractivity contribution is 6.01. The molecule has 0 bridgehead atoms. The first kappa shape index (κ1) is 30.5. The minimum Gasteiger partial charge on any atom is -0.380 e. The summed E-state index contributed by atoms with van der Waals surface area (Å²) in [4.78, 5) is 19.0. The number of aliphatic imine (C=N–C) groups is 3. The van der Waals surface area contributed by atoms with Gasteiger partial charge in [0, 0.05) is 20.1 Å². The van der Waals surface area contributed by atoms with Crippen LogP contribution in [-0.4, -0.2) is 65.3 Å². The number of benzene rings is 3. The predicted octanol–water partition coefficient (Wildman–Crippen LogP) is 6.02. The van der Waals surface area contributed by atoms with Gasteiger partial charge in [0.2, 0.25) is 0 Å². The summed E-state index contributed by atoms with van der Waals surface area (Å²) in [6, 6.07) is 26.4. The van der Waals surface area contributed by atoms with E-state index in [4.69, 9.17) is 15.7 Å². The number of aliphatic hydroxyl groups is 1. The molecule has 2 heterocycles. The van der Waals surface area contributed by atoms with Crippen molar-refractivity contribution in [1.82, 2.24) is 9.80 Å². The fourth-order valence-electron chi connectivity index (χ4n) is 6.32. The van der Waals surface area contributed by atoms with Crippen LogP contribution in [0.15, 0.2) is 93.8 Å². The van der Waals surface area contributed by atoms with Crippen molar-refractivity contribution in [3.05, 3.63) is 101 Å². The average Bonchev–Trinajstić information content (AvgIpc) is 3.35. The van der Waals surface area contributed by atoms with Gasteiger partial charge in [0.15, 0.2) is 11.8 Å². The summed E-state index contributed by atoms with van der Waals surface area (Å²) in [5, 5.41) is 12.3. The van der Waals surface area contributed by atoms with E-state index in [0.717, 1.165) is 35.2 Å². The Hall–Kier alpha value is -3.97. The SMILES string of the molecule is Cc1ccc(C(C)(C)C)cc1N=C(N=C(N)N1CCC(C(O)(c2ccccc2)c2ccccc2)CC1)C1C(C)N=CN1C. The number of guanidine groups is 1. The van der Waals surface area contributed by atoms with Gasteiger partial charge in [-0.25, -0.2) is 4.99 Å². The van der Waals surface area contributed by atoms with E-state index in [2.05, 4.69) is 67.6 Å². The van der Waals surface area contributed by atoms with Gasteiger partial charge in [0.25, 0.3) is 0 Å². The third-order valence-corrected chi connectivity index (χ3v) is 9.02. The van der Waals surface area contributed by atoms with Crippen LogP contribution in [0.4, 0.5) is 5.69 Å². The minimum absolute atomic E-state index is 0.00360. The Morgan fingerprint density at radius 1 is 0.907 bits per heavy atom. The Morgan fingerprint density at radius 2 is 1.49 bits per heavy atom. The molecule has 5 rings (SSSR count). The fourth-order valence-corrected chi connectivity index (χ4v) is 6.32. The molecule has 0 aromatic heterocycles. The molecular formula is C36H46N6O. The van der Waals surface area contributed by atoms with E-state index in [1.807, 2.05) is 74.0 Å². The molecule has 7 heteroatoms. The van der Waals surface area contributed by atoms with Crippen LogP contribution in [0.2, 0.25) is 0 Å². The van der Waals surface area contributed by atoms with Crippen LogP contribution in [0.5, 0.6) is 0 Å². The number of likely N-dealkylation sites (tertiary alicyclic amines) is 1. The second-order valence-corrected chi connectivity index (χ2v) is 13.1. The topological polar surface area (TPSA) is 89.8 Å². The molecule has 7 nitrogen and oxygen atoms in total. The molecule has 1 fully saturated rings. The van der Waals surface area contributed by atoms with E-state index in [9.17, 15) is 5.11 Å². The van der Waals surface area contributed by atoms with Gasteiger partial charge < -0.3 is 20.6 Å². The smallest absolute Gasteiger partial charge is 0.197 e. The number of hydrogen-bond acceptors (Lipinski definition) is 4. The number of likely N-dealkylation sites (N-methyl/N-ethyl adjacent to an activating group) is 1. The van der Waals surface area contributed by atoms with Gasteiger partial charge in [0.1, 0.15) is 11.6 Å². The lowest BCUT2D eigenvalue weighted by atomic mass is 9.72. The standard InChI is InChI=1S/C36H46N6O/c1-25-17-18-30(35(3,4)5)23-31(25)39-33(32-26(2)38-24-41(32)6)40-34(37)42-21-19-29(20-22-42)36(43,27-13-9-7-10-14-27)28-15-11-8-12-16-28/h7-18,23-24,26,29,32,43H,19-22H2,1-6H3,(H2,37,39,40). The first-order chi connectivity index (χ1) is 20.5. The zero-order valence-corrected chi connectivity index (χ0v) is 26.4. The van der Waals surface area contributed by atoms with E-state index in [0.29, 0.717) is 24.9 Å². The summed E-state index contributed by atoms with van der Waals surface area (Å²) < 4.78 is 0. The zero-order valence-electron chi connectivity index (χ0n) is 26.4. The van der Waals surface area contributed by atoms with Crippen LogP contribution >= 0.6 is 0 Å². The lowest BCUT2D eigenvalue weighted by Crippen LogP contribution is -2.49. The number of nitrogens with two attached hydrogens (primary N) is 1. The lowest BCUT2D eigenvalue weighted by Gasteiger charge is -2.42. The Morgan fingerprint density at radius 3 is 2.00 bits per heavy atom. The number of nitrogens with zero attached hydrogens (tertiary/aromatic N) is 5. The van der Waals surface area contributed by atoms with Crippen molar-refractivity contribution in [1.29, 1.82) is 0 Å². The minimum atomic E-state index is -1.08. The van der Waals surface area contributed by atoms with Gasteiger partial charge in [-0.15, -0.1) is 0 Å². The average molecular weight is 579 g/mol. The summed E-state index contributed by atoms with van der Waals surface area (Å²) in [5.41, 5.74) is 10.7. The first-order valence-corrected chi connectivity index (χ1v) is 15.4. The van der Waals surface area contributed by atoms with Crippen molar-refractivity contribution in [3.8, 4) is 0 Å². The zero-order chi connectivity index (χ0) is 30.8.